The molecule has 0 saturated carbocycles. The number of amides is 1. The average molecular weight is 301 g/mol. The fourth-order valence-corrected chi connectivity index (χ4v) is 2.99. The molecule has 0 spiro atoms. The Morgan fingerprint density at radius 3 is 2.33 bits per heavy atom. The molecule has 0 bridgehead atoms. The minimum atomic E-state index is -1.34. The quantitative estimate of drug-likeness (QED) is 0.923. The first kappa shape index (κ1) is 15.4. The highest BCUT2D eigenvalue weighted by molar-refractivity contribution is 7.86. The van der Waals surface area contributed by atoms with Gasteiger partial charge < -0.3 is 5.32 Å². The monoisotopic (exact) mass is 301 g/mol. The van der Waals surface area contributed by atoms with E-state index in [0.717, 1.165) is 11.1 Å². The van der Waals surface area contributed by atoms with E-state index in [4.69, 9.17) is 0 Å². The van der Waals surface area contributed by atoms with E-state index >= 15 is 0 Å². The van der Waals surface area contributed by atoms with Crippen LogP contribution < -0.4 is 5.32 Å². The van der Waals surface area contributed by atoms with Crippen LogP contribution >= 0.6 is 0 Å². The summed E-state index contributed by atoms with van der Waals surface area (Å²) >= 11 is 0. The normalized spacial score (nSPS) is 13.4. The highest BCUT2D eigenvalue weighted by Crippen LogP contribution is 2.12. The number of nitrogens with one attached hydrogen (secondary N) is 1. The molecule has 2 atom stereocenters. The summed E-state index contributed by atoms with van der Waals surface area (Å²) in [7, 11) is -1.34. The summed E-state index contributed by atoms with van der Waals surface area (Å²) in [5.74, 6) is -0.197. The predicted molar refractivity (Wildman–Crippen MR) is 85.3 cm³/mol. The number of aryl methyl sites for hydroxylation is 1. The number of hydrogen-bond donors (Lipinski definition) is 1. The molecule has 3 nitrogen and oxygen atoms in total. The van der Waals surface area contributed by atoms with Crippen molar-refractivity contribution in [1.29, 1.82) is 0 Å². The van der Waals surface area contributed by atoms with Gasteiger partial charge in [-0.3, -0.25) is 9.00 Å². The third-order valence-corrected chi connectivity index (χ3v) is 4.85. The first-order valence-corrected chi connectivity index (χ1v) is 8.08. The van der Waals surface area contributed by atoms with Gasteiger partial charge in [0.2, 0.25) is 5.91 Å². The summed E-state index contributed by atoms with van der Waals surface area (Å²) in [5, 5.41) is 2.26. The number of hydrogen-bond acceptors (Lipinski definition) is 2. The largest absolute Gasteiger partial charge is 0.351 e. The molecular weight excluding hydrogens is 282 g/mol. The lowest BCUT2D eigenvalue weighted by atomic mass is 10.2. The Bertz CT molecular complexity index is 623. The SMILES string of the molecule is Cc1ccc(S(=O)[C@H](C)C(=O)NCc2ccccc2)cc1. The van der Waals surface area contributed by atoms with E-state index in [1.807, 2.05) is 61.5 Å². The van der Waals surface area contributed by atoms with E-state index in [2.05, 4.69) is 5.32 Å². The lowest BCUT2D eigenvalue weighted by molar-refractivity contribution is -0.120. The van der Waals surface area contributed by atoms with Crippen LogP contribution in [0.25, 0.3) is 0 Å². The molecule has 0 saturated heterocycles. The molecule has 0 aliphatic rings. The molecule has 0 aliphatic heterocycles. The zero-order valence-corrected chi connectivity index (χ0v) is 13.0. The van der Waals surface area contributed by atoms with E-state index < -0.39 is 16.0 Å². The van der Waals surface area contributed by atoms with Crippen molar-refractivity contribution in [2.45, 2.75) is 30.5 Å². The maximum Gasteiger partial charge on any atom is 0.236 e. The molecule has 0 radical (unpaired) electrons. The smallest absolute Gasteiger partial charge is 0.236 e. The van der Waals surface area contributed by atoms with Gasteiger partial charge in [0.05, 0.1) is 10.8 Å². The Balaban J connectivity index is 1.95. The van der Waals surface area contributed by atoms with Crippen molar-refractivity contribution in [2.24, 2.45) is 0 Å². The molecule has 0 heterocycles. The zero-order valence-electron chi connectivity index (χ0n) is 12.2. The van der Waals surface area contributed by atoms with Crippen LogP contribution in [0, 0.1) is 6.92 Å². The van der Waals surface area contributed by atoms with Crippen LogP contribution in [0.1, 0.15) is 18.1 Å². The van der Waals surface area contributed by atoms with E-state index in [0.29, 0.717) is 11.4 Å². The van der Waals surface area contributed by atoms with Crippen LogP contribution in [-0.4, -0.2) is 15.4 Å². The van der Waals surface area contributed by atoms with E-state index in [-0.39, 0.29) is 5.91 Å². The van der Waals surface area contributed by atoms with E-state index in [9.17, 15) is 9.00 Å². The van der Waals surface area contributed by atoms with Gasteiger partial charge in [0.15, 0.2) is 0 Å². The Morgan fingerprint density at radius 1 is 1.10 bits per heavy atom. The number of benzene rings is 2. The predicted octanol–water partition coefficient (Wildman–Crippen LogP) is 2.81. The zero-order chi connectivity index (χ0) is 15.2. The van der Waals surface area contributed by atoms with Gasteiger partial charge in [0.1, 0.15) is 5.25 Å². The van der Waals surface area contributed by atoms with Gasteiger partial charge in [-0.2, -0.15) is 0 Å². The molecule has 110 valence electrons. The molecule has 0 aromatic heterocycles. The summed E-state index contributed by atoms with van der Waals surface area (Å²) in [6.07, 6.45) is 0. The summed E-state index contributed by atoms with van der Waals surface area (Å²) in [5.41, 5.74) is 2.14. The minimum absolute atomic E-state index is 0.197. The molecule has 2 aromatic rings. The third kappa shape index (κ3) is 4.26. The second-order valence-electron chi connectivity index (χ2n) is 4.96. The van der Waals surface area contributed by atoms with Gasteiger partial charge in [-0.05, 0) is 31.5 Å². The Kier molecular flexibility index (Phi) is 5.28. The van der Waals surface area contributed by atoms with Gasteiger partial charge in [-0.25, -0.2) is 0 Å². The lowest BCUT2D eigenvalue weighted by Gasteiger charge is -2.12. The number of carbonyl (C=O) groups excluding carboxylic acids is 1. The van der Waals surface area contributed by atoms with Crippen molar-refractivity contribution in [3.8, 4) is 0 Å². The summed E-state index contributed by atoms with van der Waals surface area (Å²) in [6.45, 7) is 4.12. The first-order valence-electron chi connectivity index (χ1n) is 6.87. The standard InChI is InChI=1S/C17H19NO2S/c1-13-8-10-16(11-9-13)21(20)14(2)17(19)18-12-15-6-4-3-5-7-15/h3-11,14H,12H2,1-2H3,(H,18,19)/t14-,21?/m1/s1. The molecule has 2 aromatic carbocycles. The van der Waals surface area contributed by atoms with E-state index in [1.165, 1.54) is 0 Å². The van der Waals surface area contributed by atoms with Crippen molar-refractivity contribution < 1.29 is 9.00 Å². The first-order chi connectivity index (χ1) is 10.1. The molecule has 21 heavy (non-hydrogen) atoms. The van der Waals surface area contributed by atoms with Crippen LogP contribution in [-0.2, 0) is 22.1 Å². The molecular formula is C17H19NO2S. The van der Waals surface area contributed by atoms with Gasteiger partial charge >= 0.3 is 0 Å². The Labute approximate surface area is 127 Å². The second-order valence-corrected chi connectivity index (χ2v) is 6.73. The number of carbonyl (C=O) groups is 1. The molecule has 0 fully saturated rings. The molecule has 1 unspecified atom stereocenters. The highest BCUT2D eigenvalue weighted by Gasteiger charge is 2.20. The van der Waals surface area contributed by atoms with Crippen molar-refractivity contribution in [3.63, 3.8) is 0 Å². The third-order valence-electron chi connectivity index (χ3n) is 3.25. The maximum atomic E-state index is 12.4. The molecule has 2 rings (SSSR count). The lowest BCUT2D eigenvalue weighted by Crippen LogP contribution is -2.35. The summed E-state index contributed by atoms with van der Waals surface area (Å²) in [4.78, 5) is 12.8. The Hall–Kier alpha value is -1.94. The second kappa shape index (κ2) is 7.18. The highest BCUT2D eigenvalue weighted by atomic mass is 32.2. The fraction of sp³-hybridized carbons (Fsp3) is 0.235. The minimum Gasteiger partial charge on any atom is -0.351 e. The number of rotatable bonds is 5. The fourth-order valence-electron chi connectivity index (χ4n) is 1.90. The van der Waals surface area contributed by atoms with Crippen LogP contribution in [0.2, 0.25) is 0 Å². The van der Waals surface area contributed by atoms with Crippen molar-refractivity contribution in [2.75, 3.05) is 0 Å². The molecule has 1 amide bonds. The maximum absolute atomic E-state index is 12.4. The Morgan fingerprint density at radius 2 is 1.71 bits per heavy atom. The van der Waals surface area contributed by atoms with Crippen LogP contribution in [0.5, 0.6) is 0 Å². The van der Waals surface area contributed by atoms with Gasteiger partial charge in [0.25, 0.3) is 0 Å². The van der Waals surface area contributed by atoms with Gasteiger partial charge in [0, 0.05) is 11.4 Å². The topological polar surface area (TPSA) is 46.2 Å². The summed E-state index contributed by atoms with van der Waals surface area (Å²) in [6, 6.07) is 17.1. The van der Waals surface area contributed by atoms with Gasteiger partial charge in [-0.1, -0.05) is 48.0 Å². The van der Waals surface area contributed by atoms with Crippen LogP contribution in [0.15, 0.2) is 59.5 Å². The van der Waals surface area contributed by atoms with Crippen LogP contribution in [0.4, 0.5) is 0 Å². The molecule has 1 N–H and O–H groups in total. The van der Waals surface area contributed by atoms with Crippen molar-refractivity contribution in [1.82, 2.24) is 5.32 Å². The van der Waals surface area contributed by atoms with E-state index in [1.54, 1.807) is 6.92 Å². The molecule has 0 aliphatic carbocycles. The molecule has 4 heteroatoms. The average Bonchev–Trinajstić information content (AvgIpc) is 2.53. The van der Waals surface area contributed by atoms with Crippen LogP contribution in [0.3, 0.4) is 0 Å². The summed E-state index contributed by atoms with van der Waals surface area (Å²) < 4.78 is 12.4. The van der Waals surface area contributed by atoms with Crippen molar-refractivity contribution >= 4 is 16.7 Å². The van der Waals surface area contributed by atoms with Gasteiger partial charge in [-0.15, -0.1) is 0 Å². The van der Waals surface area contributed by atoms with Crippen molar-refractivity contribution in [3.05, 3.63) is 65.7 Å².